The van der Waals surface area contributed by atoms with E-state index in [1.807, 2.05) is 0 Å². The molecule has 1 aliphatic heterocycles. The smallest absolute Gasteiger partial charge is 0.0447 e. The number of likely N-dealkylation sites (N-methyl/N-ethyl adjacent to an activating group) is 1. The Morgan fingerprint density at radius 1 is 1.53 bits per heavy atom. The third kappa shape index (κ3) is 3.41. The van der Waals surface area contributed by atoms with E-state index in [1.54, 1.807) is 0 Å². The van der Waals surface area contributed by atoms with Gasteiger partial charge in [0.05, 0.1) is 0 Å². The lowest BCUT2D eigenvalue weighted by molar-refractivity contribution is 0.272. The number of aliphatic hydroxyl groups is 1. The lowest BCUT2D eigenvalue weighted by Gasteiger charge is -2.29. The van der Waals surface area contributed by atoms with Crippen LogP contribution in [0.4, 0.5) is 0 Å². The largest absolute Gasteiger partial charge is 0.396 e. The van der Waals surface area contributed by atoms with Gasteiger partial charge in [0.1, 0.15) is 0 Å². The number of likely N-dealkylation sites (tertiary alicyclic amines) is 1. The highest BCUT2D eigenvalue weighted by Gasteiger charge is 2.38. The number of rotatable bonds is 6. The molecule has 0 amide bonds. The Hall–Kier alpha value is -0.160. The summed E-state index contributed by atoms with van der Waals surface area (Å²) < 4.78 is 0. The minimum absolute atomic E-state index is 0.101. The predicted octanol–water partition coefficient (Wildman–Crippen LogP) is -0.230. The van der Waals surface area contributed by atoms with E-state index >= 15 is 0 Å². The van der Waals surface area contributed by atoms with Crippen molar-refractivity contribution >= 4 is 0 Å². The highest BCUT2D eigenvalue weighted by Crippen LogP contribution is 2.24. The topological polar surface area (TPSA) is 61.5 Å². The maximum atomic E-state index is 8.70. The Labute approximate surface area is 92.8 Å². The van der Waals surface area contributed by atoms with Gasteiger partial charge in [0, 0.05) is 31.3 Å². The van der Waals surface area contributed by atoms with Crippen LogP contribution in [-0.4, -0.2) is 54.9 Å². The molecular weight excluding hydrogens is 190 g/mol. The second-order valence-electron chi connectivity index (χ2n) is 4.81. The van der Waals surface area contributed by atoms with Gasteiger partial charge in [-0.1, -0.05) is 0 Å². The van der Waals surface area contributed by atoms with Crippen LogP contribution >= 0.6 is 0 Å². The van der Waals surface area contributed by atoms with Crippen LogP contribution < -0.4 is 11.1 Å². The van der Waals surface area contributed by atoms with E-state index in [2.05, 4.69) is 24.2 Å². The number of hydrogen-bond donors (Lipinski definition) is 3. The first-order valence-corrected chi connectivity index (χ1v) is 5.90. The van der Waals surface area contributed by atoms with Crippen molar-refractivity contribution in [1.29, 1.82) is 0 Å². The van der Waals surface area contributed by atoms with Crippen LogP contribution in [0.25, 0.3) is 0 Å². The summed E-state index contributed by atoms with van der Waals surface area (Å²) in [5.74, 6) is 0. The van der Waals surface area contributed by atoms with Gasteiger partial charge in [0.25, 0.3) is 0 Å². The molecule has 90 valence electrons. The molecule has 2 unspecified atom stereocenters. The molecule has 0 aromatic rings. The van der Waals surface area contributed by atoms with Crippen LogP contribution in [0.3, 0.4) is 0 Å². The van der Waals surface area contributed by atoms with Crippen molar-refractivity contribution < 1.29 is 5.11 Å². The highest BCUT2D eigenvalue weighted by molar-refractivity contribution is 5.00. The van der Waals surface area contributed by atoms with E-state index in [4.69, 9.17) is 10.8 Å². The molecule has 4 nitrogen and oxygen atoms in total. The van der Waals surface area contributed by atoms with E-state index in [0.29, 0.717) is 12.6 Å². The fraction of sp³-hybridized carbons (Fsp3) is 1.00. The summed E-state index contributed by atoms with van der Waals surface area (Å²) in [5.41, 5.74) is 5.97. The summed E-state index contributed by atoms with van der Waals surface area (Å²) in [7, 11) is 2.15. The first kappa shape index (κ1) is 12.9. The monoisotopic (exact) mass is 215 g/mol. The average molecular weight is 215 g/mol. The minimum Gasteiger partial charge on any atom is -0.396 e. The number of unbranched alkanes of at least 4 members (excludes halogenated alkanes) is 1. The molecule has 4 N–H and O–H groups in total. The van der Waals surface area contributed by atoms with Gasteiger partial charge in [-0.2, -0.15) is 0 Å². The molecule has 0 aromatic heterocycles. The van der Waals surface area contributed by atoms with Crippen LogP contribution in [0.2, 0.25) is 0 Å². The molecule has 0 aliphatic carbocycles. The molecule has 15 heavy (non-hydrogen) atoms. The van der Waals surface area contributed by atoms with Crippen LogP contribution in [0.1, 0.15) is 26.2 Å². The lowest BCUT2D eigenvalue weighted by Crippen LogP contribution is -2.53. The summed E-state index contributed by atoms with van der Waals surface area (Å²) >= 11 is 0. The Bertz CT molecular complexity index is 177. The summed E-state index contributed by atoms with van der Waals surface area (Å²) in [6.07, 6.45) is 3.02. The molecule has 1 aliphatic rings. The number of nitrogens with zero attached hydrogens (tertiary/aromatic N) is 1. The molecule has 4 heteroatoms. The summed E-state index contributed by atoms with van der Waals surface area (Å²) in [6.45, 7) is 5.21. The fourth-order valence-corrected chi connectivity index (χ4v) is 2.36. The van der Waals surface area contributed by atoms with Gasteiger partial charge in [0.15, 0.2) is 0 Å². The predicted molar refractivity (Wildman–Crippen MR) is 62.8 cm³/mol. The van der Waals surface area contributed by atoms with Gasteiger partial charge >= 0.3 is 0 Å². The second-order valence-corrected chi connectivity index (χ2v) is 4.81. The molecule has 0 saturated carbocycles. The number of nitrogens with one attached hydrogen (secondary N) is 1. The van der Waals surface area contributed by atoms with Gasteiger partial charge in [0.2, 0.25) is 0 Å². The van der Waals surface area contributed by atoms with Gasteiger partial charge in [-0.05, 0) is 39.8 Å². The molecule has 0 spiro atoms. The van der Waals surface area contributed by atoms with E-state index in [-0.39, 0.29) is 12.1 Å². The first-order chi connectivity index (χ1) is 7.13. The van der Waals surface area contributed by atoms with E-state index < -0.39 is 0 Å². The Kier molecular flexibility index (Phi) is 4.99. The van der Waals surface area contributed by atoms with Gasteiger partial charge < -0.3 is 21.1 Å². The molecule has 1 fully saturated rings. The second kappa shape index (κ2) is 5.80. The third-order valence-electron chi connectivity index (χ3n) is 3.47. The first-order valence-electron chi connectivity index (χ1n) is 5.90. The molecule has 1 saturated heterocycles. The normalized spacial score (nSPS) is 32.4. The van der Waals surface area contributed by atoms with E-state index in [9.17, 15) is 0 Å². The molecular formula is C11H25N3O. The quantitative estimate of drug-likeness (QED) is 0.536. The van der Waals surface area contributed by atoms with E-state index in [1.165, 1.54) is 0 Å². The van der Waals surface area contributed by atoms with Crippen molar-refractivity contribution in [3.05, 3.63) is 0 Å². The summed E-state index contributed by atoms with van der Waals surface area (Å²) in [4.78, 5) is 2.35. The Morgan fingerprint density at radius 2 is 2.27 bits per heavy atom. The van der Waals surface area contributed by atoms with Crippen molar-refractivity contribution in [2.24, 2.45) is 5.73 Å². The standard InChI is InChI=1S/C11H25N3O/c1-10-7-11(8-12,9-14(10)2)13-5-3-4-6-15/h10,13,15H,3-9,12H2,1-2H3. The summed E-state index contributed by atoms with van der Waals surface area (Å²) in [6, 6.07) is 0.610. The molecule has 2 atom stereocenters. The summed E-state index contributed by atoms with van der Waals surface area (Å²) in [5, 5.41) is 12.3. The van der Waals surface area contributed by atoms with Gasteiger partial charge in [-0.15, -0.1) is 0 Å². The molecule has 0 radical (unpaired) electrons. The fourth-order valence-electron chi connectivity index (χ4n) is 2.36. The van der Waals surface area contributed by atoms with Crippen LogP contribution in [-0.2, 0) is 0 Å². The van der Waals surface area contributed by atoms with Gasteiger partial charge in [-0.25, -0.2) is 0 Å². The molecule has 0 bridgehead atoms. The van der Waals surface area contributed by atoms with Crippen molar-refractivity contribution in [3.63, 3.8) is 0 Å². The SMILES string of the molecule is CC1CC(CN)(NCCCCO)CN1C. The minimum atomic E-state index is 0.101. The van der Waals surface area contributed by atoms with Crippen LogP contribution in [0.15, 0.2) is 0 Å². The van der Waals surface area contributed by atoms with Crippen LogP contribution in [0, 0.1) is 0 Å². The number of aliphatic hydroxyl groups excluding tert-OH is 1. The zero-order valence-corrected chi connectivity index (χ0v) is 10.00. The maximum absolute atomic E-state index is 8.70. The van der Waals surface area contributed by atoms with Gasteiger partial charge in [-0.3, -0.25) is 0 Å². The van der Waals surface area contributed by atoms with Crippen molar-refractivity contribution in [2.45, 2.75) is 37.8 Å². The zero-order valence-electron chi connectivity index (χ0n) is 10.00. The number of hydrogen-bond acceptors (Lipinski definition) is 4. The Morgan fingerprint density at radius 3 is 2.73 bits per heavy atom. The molecule has 0 aromatic carbocycles. The highest BCUT2D eigenvalue weighted by atomic mass is 16.2. The third-order valence-corrected chi connectivity index (χ3v) is 3.47. The average Bonchev–Trinajstić information content (AvgIpc) is 2.51. The molecule has 1 heterocycles. The molecule has 1 rings (SSSR count). The van der Waals surface area contributed by atoms with Crippen LogP contribution in [0.5, 0.6) is 0 Å². The van der Waals surface area contributed by atoms with Crippen molar-refractivity contribution in [1.82, 2.24) is 10.2 Å². The van der Waals surface area contributed by atoms with Crippen molar-refractivity contribution in [2.75, 3.05) is 33.3 Å². The van der Waals surface area contributed by atoms with E-state index in [0.717, 1.165) is 32.4 Å². The van der Waals surface area contributed by atoms with Crippen molar-refractivity contribution in [3.8, 4) is 0 Å². The maximum Gasteiger partial charge on any atom is 0.0447 e. The zero-order chi connectivity index (χ0) is 11.3. The lowest BCUT2D eigenvalue weighted by atomic mass is 9.96. The number of nitrogens with two attached hydrogens (primary N) is 1. The Balaban J connectivity index is 2.34.